The summed E-state index contributed by atoms with van der Waals surface area (Å²) in [5.41, 5.74) is 0.551. The van der Waals surface area contributed by atoms with Crippen LogP contribution in [0.5, 0.6) is 0 Å². The number of aromatic nitrogens is 3. The molecular weight excluding hydrogens is 409 g/mol. The lowest BCUT2D eigenvalue weighted by atomic mass is 10.2. The van der Waals surface area contributed by atoms with E-state index < -0.39 is 0 Å². The lowest BCUT2D eigenvalue weighted by Gasteiger charge is -2.24. The number of nitrogens with one attached hydrogen (secondary N) is 1. The summed E-state index contributed by atoms with van der Waals surface area (Å²) in [6, 6.07) is 5.93. The van der Waals surface area contributed by atoms with Crippen molar-refractivity contribution >= 4 is 41.5 Å². The molecule has 0 radical (unpaired) electrons. The molecule has 1 N–H and O–H groups in total. The predicted octanol–water partition coefficient (Wildman–Crippen LogP) is 3.66. The van der Waals surface area contributed by atoms with E-state index in [9.17, 15) is 4.79 Å². The van der Waals surface area contributed by atoms with Crippen LogP contribution in [0.4, 0.5) is 0 Å². The molecule has 2 aromatic rings. The Morgan fingerprint density at radius 2 is 2.00 bits per heavy atom. The Morgan fingerprint density at radius 3 is 2.59 bits per heavy atom. The SMILES string of the molecule is Cc1nc(C(=O)N(CC2CCCN2)C2CC2)nn1-c1c(Cl)cccc1Cl.Cl. The standard InChI is InChI=1S/C18H21Cl2N5O.ClH/c1-11-22-17(23-25(11)16-14(19)5-2-6-15(16)20)18(26)24(13-7-8-13)10-12-4-3-9-21-12;/h2,5-6,12-13,21H,3-4,7-10H2,1H3;1H. The van der Waals surface area contributed by atoms with Gasteiger partial charge in [-0.2, -0.15) is 0 Å². The number of amides is 1. The normalized spacial score (nSPS) is 19.0. The molecule has 4 rings (SSSR count). The van der Waals surface area contributed by atoms with Gasteiger partial charge in [-0.05, 0) is 51.3 Å². The summed E-state index contributed by atoms with van der Waals surface area (Å²) in [7, 11) is 0. The second-order valence-electron chi connectivity index (χ2n) is 6.95. The first-order chi connectivity index (χ1) is 12.5. The predicted molar refractivity (Wildman–Crippen MR) is 108 cm³/mol. The Labute approximate surface area is 174 Å². The number of hydrogen-bond donors (Lipinski definition) is 1. The maximum absolute atomic E-state index is 13.1. The third-order valence-electron chi connectivity index (χ3n) is 4.94. The summed E-state index contributed by atoms with van der Waals surface area (Å²) >= 11 is 12.6. The molecular formula is C18H22Cl3N5O. The summed E-state index contributed by atoms with van der Waals surface area (Å²) in [6.45, 7) is 3.53. The summed E-state index contributed by atoms with van der Waals surface area (Å²) in [5.74, 6) is 0.660. The lowest BCUT2D eigenvalue weighted by Crippen LogP contribution is -2.42. The topological polar surface area (TPSA) is 63.1 Å². The van der Waals surface area contributed by atoms with Gasteiger partial charge in [0.25, 0.3) is 5.91 Å². The minimum atomic E-state index is -0.119. The number of carbonyl (C=O) groups excluding carboxylic acids is 1. The van der Waals surface area contributed by atoms with Crippen LogP contribution in [0.3, 0.4) is 0 Å². The van der Waals surface area contributed by atoms with Crippen LogP contribution in [0.15, 0.2) is 18.2 Å². The number of aryl methyl sites for hydroxylation is 1. The van der Waals surface area contributed by atoms with Crippen LogP contribution in [0.1, 0.15) is 42.1 Å². The molecule has 1 aliphatic heterocycles. The van der Waals surface area contributed by atoms with Crippen molar-refractivity contribution in [2.75, 3.05) is 13.1 Å². The van der Waals surface area contributed by atoms with E-state index in [-0.39, 0.29) is 24.1 Å². The molecule has 1 aromatic heterocycles. The zero-order valence-corrected chi connectivity index (χ0v) is 17.3. The van der Waals surface area contributed by atoms with Crippen molar-refractivity contribution in [2.24, 2.45) is 0 Å². The zero-order valence-electron chi connectivity index (χ0n) is 15.0. The molecule has 6 nitrogen and oxygen atoms in total. The maximum Gasteiger partial charge on any atom is 0.293 e. The van der Waals surface area contributed by atoms with E-state index in [1.54, 1.807) is 29.8 Å². The molecule has 1 unspecified atom stereocenters. The number of halogens is 3. The van der Waals surface area contributed by atoms with Crippen molar-refractivity contribution in [3.8, 4) is 5.69 Å². The highest BCUT2D eigenvalue weighted by Gasteiger charge is 2.36. The number of para-hydroxylation sites is 1. The Bertz CT molecular complexity index is 810. The minimum absolute atomic E-state index is 0. The van der Waals surface area contributed by atoms with Gasteiger partial charge in [-0.15, -0.1) is 17.5 Å². The van der Waals surface area contributed by atoms with Crippen LogP contribution in [-0.2, 0) is 0 Å². The number of nitrogens with zero attached hydrogens (tertiary/aromatic N) is 4. The molecule has 1 amide bonds. The molecule has 1 saturated carbocycles. The molecule has 146 valence electrons. The van der Waals surface area contributed by atoms with Gasteiger partial charge in [0, 0.05) is 18.6 Å². The molecule has 9 heteroatoms. The van der Waals surface area contributed by atoms with Crippen molar-refractivity contribution in [2.45, 2.75) is 44.7 Å². The van der Waals surface area contributed by atoms with E-state index >= 15 is 0 Å². The van der Waals surface area contributed by atoms with Crippen molar-refractivity contribution in [3.63, 3.8) is 0 Å². The third kappa shape index (κ3) is 4.24. The first-order valence-electron chi connectivity index (χ1n) is 8.97. The molecule has 1 aromatic carbocycles. The number of carbonyl (C=O) groups is 1. The fourth-order valence-corrected chi connectivity index (χ4v) is 4.00. The van der Waals surface area contributed by atoms with Gasteiger partial charge in [0.15, 0.2) is 0 Å². The van der Waals surface area contributed by atoms with Crippen molar-refractivity contribution < 1.29 is 4.79 Å². The van der Waals surface area contributed by atoms with Crippen molar-refractivity contribution in [1.29, 1.82) is 0 Å². The first-order valence-corrected chi connectivity index (χ1v) is 9.72. The van der Waals surface area contributed by atoms with Crippen LogP contribution >= 0.6 is 35.6 Å². The number of rotatable bonds is 5. The monoisotopic (exact) mass is 429 g/mol. The first kappa shape index (κ1) is 20.4. The minimum Gasteiger partial charge on any atom is -0.331 e. The Kier molecular flexibility index (Phi) is 6.31. The largest absolute Gasteiger partial charge is 0.331 e. The molecule has 2 fully saturated rings. The number of benzene rings is 1. The Hall–Kier alpha value is -1.34. The van der Waals surface area contributed by atoms with Gasteiger partial charge in [0.1, 0.15) is 11.5 Å². The molecule has 1 saturated heterocycles. The van der Waals surface area contributed by atoms with E-state index in [0.717, 1.165) is 32.2 Å². The number of hydrogen-bond acceptors (Lipinski definition) is 4. The van der Waals surface area contributed by atoms with Gasteiger partial charge in [-0.3, -0.25) is 4.79 Å². The fourth-order valence-electron chi connectivity index (χ4n) is 3.45. The van der Waals surface area contributed by atoms with E-state index in [1.807, 2.05) is 4.90 Å². The van der Waals surface area contributed by atoms with Gasteiger partial charge >= 0.3 is 0 Å². The van der Waals surface area contributed by atoms with Crippen LogP contribution in [0.25, 0.3) is 5.69 Å². The van der Waals surface area contributed by atoms with Crippen molar-refractivity contribution in [3.05, 3.63) is 39.9 Å². The van der Waals surface area contributed by atoms with E-state index in [1.165, 1.54) is 0 Å². The molecule has 0 bridgehead atoms. The summed E-state index contributed by atoms with van der Waals surface area (Å²) in [6.07, 6.45) is 4.37. The van der Waals surface area contributed by atoms with Gasteiger partial charge in [0.05, 0.1) is 10.0 Å². The molecule has 2 heterocycles. The Morgan fingerprint density at radius 1 is 1.30 bits per heavy atom. The highest BCUT2D eigenvalue weighted by molar-refractivity contribution is 6.37. The quantitative estimate of drug-likeness (QED) is 0.786. The summed E-state index contributed by atoms with van der Waals surface area (Å²) < 4.78 is 1.55. The van der Waals surface area contributed by atoms with E-state index in [4.69, 9.17) is 23.2 Å². The second-order valence-corrected chi connectivity index (χ2v) is 7.76. The van der Waals surface area contributed by atoms with Gasteiger partial charge in [-0.25, -0.2) is 9.67 Å². The third-order valence-corrected chi connectivity index (χ3v) is 5.55. The van der Waals surface area contributed by atoms with Gasteiger partial charge in [-0.1, -0.05) is 29.3 Å². The van der Waals surface area contributed by atoms with Crippen LogP contribution in [0.2, 0.25) is 10.0 Å². The highest BCUT2D eigenvalue weighted by Crippen LogP contribution is 2.30. The zero-order chi connectivity index (χ0) is 18.3. The van der Waals surface area contributed by atoms with Crippen molar-refractivity contribution in [1.82, 2.24) is 25.0 Å². The second kappa shape index (κ2) is 8.35. The van der Waals surface area contributed by atoms with Gasteiger partial charge in [0.2, 0.25) is 5.82 Å². The van der Waals surface area contributed by atoms with Crippen LogP contribution in [-0.4, -0.2) is 50.7 Å². The molecule has 1 atom stereocenters. The Balaban J connectivity index is 0.00000210. The molecule has 2 aliphatic rings. The summed E-state index contributed by atoms with van der Waals surface area (Å²) in [5, 5.41) is 8.83. The van der Waals surface area contributed by atoms with Gasteiger partial charge < -0.3 is 10.2 Å². The van der Waals surface area contributed by atoms with E-state index in [2.05, 4.69) is 15.4 Å². The average Bonchev–Trinajstić information content (AvgIpc) is 3.18. The smallest absolute Gasteiger partial charge is 0.293 e. The average molecular weight is 431 g/mol. The van der Waals surface area contributed by atoms with Crippen LogP contribution in [0, 0.1) is 6.92 Å². The van der Waals surface area contributed by atoms with E-state index in [0.29, 0.717) is 40.2 Å². The molecule has 27 heavy (non-hydrogen) atoms. The fraction of sp³-hybridized carbons (Fsp3) is 0.500. The lowest BCUT2D eigenvalue weighted by molar-refractivity contribution is 0.0716. The molecule has 0 spiro atoms. The van der Waals surface area contributed by atoms with Crippen LogP contribution < -0.4 is 5.32 Å². The molecule has 1 aliphatic carbocycles. The maximum atomic E-state index is 13.1. The highest BCUT2D eigenvalue weighted by atomic mass is 35.5. The summed E-state index contributed by atoms with van der Waals surface area (Å²) in [4.78, 5) is 19.4.